The lowest BCUT2D eigenvalue weighted by molar-refractivity contribution is -0.384. The number of halogens is 1. The maximum Gasteiger partial charge on any atom is 0.269 e. The molecule has 7 nitrogen and oxygen atoms in total. The van der Waals surface area contributed by atoms with Crippen LogP contribution in [0.25, 0.3) is 0 Å². The van der Waals surface area contributed by atoms with Crippen LogP contribution >= 0.6 is 35.7 Å². The van der Waals surface area contributed by atoms with Crippen LogP contribution in [0.15, 0.2) is 29.3 Å². The standard InChI is InChI=1S/C20H33N5O2S.HI/c1-16(2)24-12-9-18(10-13-24)23-20(21-11-4-14-28-3)22-15-17-5-7-19(8-6-17)25(26)27;/h5-8,16,18H,4,9-15H2,1-3H3,(H2,21,22,23);1H. The number of benzene rings is 1. The Bertz CT molecular complexity index is 634. The van der Waals surface area contributed by atoms with E-state index in [2.05, 4.69) is 35.6 Å². The number of thioether (sulfide) groups is 1. The lowest BCUT2D eigenvalue weighted by atomic mass is 10.0. The third-order valence-electron chi connectivity index (χ3n) is 4.99. The minimum absolute atomic E-state index is 0. The van der Waals surface area contributed by atoms with E-state index in [1.165, 1.54) is 12.1 Å². The Labute approximate surface area is 195 Å². The van der Waals surface area contributed by atoms with Crippen molar-refractivity contribution in [1.29, 1.82) is 0 Å². The van der Waals surface area contributed by atoms with Gasteiger partial charge in [0, 0.05) is 43.9 Å². The zero-order valence-corrected chi connectivity index (χ0v) is 20.7. The van der Waals surface area contributed by atoms with Gasteiger partial charge in [0.15, 0.2) is 5.96 Å². The molecule has 0 bridgehead atoms. The summed E-state index contributed by atoms with van der Waals surface area (Å²) in [5.41, 5.74) is 1.07. The summed E-state index contributed by atoms with van der Waals surface area (Å²) >= 11 is 1.84. The van der Waals surface area contributed by atoms with Crippen molar-refractivity contribution in [2.75, 3.05) is 31.6 Å². The molecule has 9 heteroatoms. The number of hydrogen-bond donors (Lipinski definition) is 2. The van der Waals surface area contributed by atoms with Crippen LogP contribution < -0.4 is 10.6 Å². The average molecular weight is 535 g/mol. The molecule has 164 valence electrons. The van der Waals surface area contributed by atoms with E-state index in [1.807, 2.05) is 11.8 Å². The monoisotopic (exact) mass is 535 g/mol. The zero-order chi connectivity index (χ0) is 20.4. The maximum absolute atomic E-state index is 10.8. The Morgan fingerprint density at radius 2 is 1.97 bits per heavy atom. The van der Waals surface area contributed by atoms with Crippen LogP contribution in [0.1, 0.15) is 38.7 Å². The van der Waals surface area contributed by atoms with E-state index in [-0.39, 0.29) is 34.6 Å². The van der Waals surface area contributed by atoms with Crippen molar-refractivity contribution >= 4 is 47.4 Å². The Balaban J connectivity index is 0.00000420. The molecule has 0 amide bonds. The van der Waals surface area contributed by atoms with Gasteiger partial charge >= 0.3 is 0 Å². The molecule has 0 spiro atoms. The highest BCUT2D eigenvalue weighted by Gasteiger charge is 2.21. The first-order chi connectivity index (χ1) is 13.5. The molecule has 2 rings (SSSR count). The quantitative estimate of drug-likeness (QED) is 0.125. The van der Waals surface area contributed by atoms with E-state index in [0.717, 1.165) is 56.2 Å². The van der Waals surface area contributed by atoms with Gasteiger partial charge in [0.25, 0.3) is 5.69 Å². The van der Waals surface area contributed by atoms with E-state index in [0.29, 0.717) is 18.6 Å². The SMILES string of the molecule is CSCCCNC(=NCc1ccc([N+](=O)[O-])cc1)NC1CCN(C(C)C)CC1.I. The van der Waals surface area contributed by atoms with Gasteiger partial charge in [-0.05, 0) is 50.7 Å². The molecule has 1 aliphatic heterocycles. The van der Waals surface area contributed by atoms with Gasteiger partial charge in [-0.25, -0.2) is 4.99 Å². The third-order valence-corrected chi connectivity index (χ3v) is 5.68. The number of likely N-dealkylation sites (tertiary alicyclic amines) is 1. The highest BCUT2D eigenvalue weighted by atomic mass is 127. The van der Waals surface area contributed by atoms with Gasteiger partial charge in [-0.15, -0.1) is 24.0 Å². The van der Waals surface area contributed by atoms with Crippen molar-refractivity contribution in [3.05, 3.63) is 39.9 Å². The second-order valence-electron chi connectivity index (χ2n) is 7.41. The largest absolute Gasteiger partial charge is 0.356 e. The molecule has 2 N–H and O–H groups in total. The van der Waals surface area contributed by atoms with Gasteiger partial charge in [0.05, 0.1) is 11.5 Å². The van der Waals surface area contributed by atoms with Gasteiger partial charge in [0.1, 0.15) is 0 Å². The summed E-state index contributed by atoms with van der Waals surface area (Å²) in [5.74, 6) is 1.96. The van der Waals surface area contributed by atoms with Gasteiger partial charge in [-0.3, -0.25) is 10.1 Å². The van der Waals surface area contributed by atoms with E-state index in [9.17, 15) is 10.1 Å². The number of nitrogens with one attached hydrogen (secondary N) is 2. The Morgan fingerprint density at radius 3 is 2.52 bits per heavy atom. The normalized spacial score (nSPS) is 15.8. The number of nitro benzene ring substituents is 1. The van der Waals surface area contributed by atoms with Crippen molar-refractivity contribution in [1.82, 2.24) is 15.5 Å². The van der Waals surface area contributed by atoms with Crippen LogP contribution in [-0.4, -0.2) is 59.5 Å². The topological polar surface area (TPSA) is 82.8 Å². The van der Waals surface area contributed by atoms with Crippen LogP contribution in [-0.2, 0) is 6.54 Å². The number of rotatable bonds is 9. The molecule has 1 heterocycles. The summed E-state index contributed by atoms with van der Waals surface area (Å²) in [5, 5.41) is 17.8. The number of non-ortho nitro benzene ring substituents is 1. The average Bonchev–Trinajstić information content (AvgIpc) is 2.69. The summed E-state index contributed by atoms with van der Waals surface area (Å²) < 4.78 is 0. The van der Waals surface area contributed by atoms with E-state index in [4.69, 9.17) is 4.99 Å². The van der Waals surface area contributed by atoms with E-state index < -0.39 is 0 Å². The smallest absolute Gasteiger partial charge is 0.269 e. The summed E-state index contributed by atoms with van der Waals surface area (Å²) in [4.78, 5) is 17.6. The second kappa shape index (κ2) is 14.0. The molecule has 0 radical (unpaired) electrons. The minimum Gasteiger partial charge on any atom is -0.356 e. The molecule has 1 aliphatic rings. The second-order valence-corrected chi connectivity index (χ2v) is 8.40. The number of piperidine rings is 1. The maximum atomic E-state index is 10.8. The van der Waals surface area contributed by atoms with Crippen LogP contribution in [0.2, 0.25) is 0 Å². The summed E-state index contributed by atoms with van der Waals surface area (Å²) in [6, 6.07) is 7.64. The molecule has 0 saturated carbocycles. The van der Waals surface area contributed by atoms with E-state index in [1.54, 1.807) is 12.1 Å². The first kappa shape index (κ1) is 26.0. The molecule has 0 atom stereocenters. The van der Waals surface area contributed by atoms with Gasteiger partial charge in [-0.1, -0.05) is 12.1 Å². The minimum atomic E-state index is -0.378. The van der Waals surface area contributed by atoms with Crippen molar-refractivity contribution in [2.45, 2.75) is 51.7 Å². The number of nitrogens with zero attached hydrogens (tertiary/aromatic N) is 3. The Morgan fingerprint density at radius 1 is 1.31 bits per heavy atom. The molecular weight excluding hydrogens is 501 g/mol. The molecule has 29 heavy (non-hydrogen) atoms. The van der Waals surface area contributed by atoms with Crippen LogP contribution in [0.5, 0.6) is 0 Å². The highest BCUT2D eigenvalue weighted by molar-refractivity contribution is 14.0. The highest BCUT2D eigenvalue weighted by Crippen LogP contribution is 2.14. The van der Waals surface area contributed by atoms with Crippen molar-refractivity contribution in [2.24, 2.45) is 4.99 Å². The van der Waals surface area contributed by atoms with Gasteiger partial charge in [0.2, 0.25) is 0 Å². The van der Waals surface area contributed by atoms with Crippen molar-refractivity contribution < 1.29 is 4.92 Å². The van der Waals surface area contributed by atoms with Crippen molar-refractivity contribution in [3.8, 4) is 0 Å². The third kappa shape index (κ3) is 9.52. The van der Waals surface area contributed by atoms with E-state index >= 15 is 0 Å². The molecule has 0 aliphatic carbocycles. The molecule has 0 unspecified atom stereocenters. The summed E-state index contributed by atoms with van der Waals surface area (Å²) in [6.45, 7) is 8.10. The molecule has 1 aromatic rings. The predicted molar refractivity (Wildman–Crippen MR) is 134 cm³/mol. The fourth-order valence-corrected chi connectivity index (χ4v) is 3.66. The van der Waals surface area contributed by atoms with Gasteiger partial charge < -0.3 is 15.5 Å². The predicted octanol–water partition coefficient (Wildman–Crippen LogP) is 3.87. The number of hydrogen-bond acceptors (Lipinski definition) is 5. The first-order valence-electron chi connectivity index (χ1n) is 10.0. The molecule has 1 saturated heterocycles. The fourth-order valence-electron chi connectivity index (χ4n) is 3.22. The summed E-state index contributed by atoms with van der Waals surface area (Å²) in [7, 11) is 0. The van der Waals surface area contributed by atoms with Crippen LogP contribution in [0.4, 0.5) is 5.69 Å². The Hall–Kier alpha value is -1.07. The lowest BCUT2D eigenvalue weighted by Crippen LogP contribution is -2.50. The molecular formula is C20H34IN5O2S. The number of guanidine groups is 1. The molecule has 1 aromatic carbocycles. The van der Waals surface area contributed by atoms with Crippen molar-refractivity contribution in [3.63, 3.8) is 0 Å². The molecule has 0 aromatic heterocycles. The number of nitro groups is 1. The summed E-state index contributed by atoms with van der Waals surface area (Å²) in [6.07, 6.45) is 5.43. The molecule has 1 fully saturated rings. The number of aliphatic imine (C=N–C) groups is 1. The fraction of sp³-hybridized carbons (Fsp3) is 0.650. The van der Waals surface area contributed by atoms with Gasteiger partial charge in [-0.2, -0.15) is 11.8 Å². The first-order valence-corrected chi connectivity index (χ1v) is 11.4. The van der Waals surface area contributed by atoms with Crippen LogP contribution in [0.3, 0.4) is 0 Å². The zero-order valence-electron chi connectivity index (χ0n) is 17.6. The lowest BCUT2D eigenvalue weighted by Gasteiger charge is -2.35. The van der Waals surface area contributed by atoms with Crippen LogP contribution in [0, 0.1) is 10.1 Å². The Kier molecular flexibility index (Phi) is 12.6.